The Morgan fingerprint density at radius 1 is 1.08 bits per heavy atom. The molecule has 25 heavy (non-hydrogen) atoms. The number of likely N-dealkylation sites (tertiary alicyclic amines) is 2. The van der Waals surface area contributed by atoms with Crippen molar-refractivity contribution in [3.05, 3.63) is 41.5 Å². The Hall–Kier alpha value is -2.14. The monoisotopic (exact) mass is 341 g/mol. The number of carbonyl (C=O) groups excluding carboxylic acids is 2. The highest BCUT2D eigenvalue weighted by Gasteiger charge is 2.35. The Kier molecular flexibility index (Phi) is 5.53. The summed E-state index contributed by atoms with van der Waals surface area (Å²) in [6.07, 6.45) is 7.26. The maximum absolute atomic E-state index is 12.4. The summed E-state index contributed by atoms with van der Waals surface area (Å²) < 4.78 is 0. The van der Waals surface area contributed by atoms with Crippen molar-refractivity contribution in [2.24, 2.45) is 5.73 Å². The molecule has 5 nitrogen and oxygen atoms in total. The van der Waals surface area contributed by atoms with Crippen molar-refractivity contribution in [2.45, 2.75) is 44.7 Å². The molecular formula is C20H27N3O2. The van der Waals surface area contributed by atoms with Crippen LogP contribution in [0, 0.1) is 6.92 Å². The molecule has 2 N–H and O–H groups in total. The quantitative estimate of drug-likeness (QED) is 0.851. The first kappa shape index (κ1) is 17.7. The lowest BCUT2D eigenvalue weighted by Gasteiger charge is -2.38. The van der Waals surface area contributed by atoms with Crippen LogP contribution >= 0.6 is 0 Å². The Morgan fingerprint density at radius 3 is 2.40 bits per heavy atom. The molecule has 1 aromatic carbocycles. The Bertz CT molecular complexity index is 645. The average molecular weight is 341 g/mol. The van der Waals surface area contributed by atoms with Gasteiger partial charge in [0.25, 0.3) is 0 Å². The van der Waals surface area contributed by atoms with Crippen molar-refractivity contribution in [3.63, 3.8) is 0 Å². The second-order valence-electron chi connectivity index (χ2n) is 7.10. The van der Waals surface area contributed by atoms with Crippen molar-refractivity contribution in [1.82, 2.24) is 9.80 Å². The van der Waals surface area contributed by atoms with Crippen molar-refractivity contribution >= 4 is 17.9 Å². The maximum atomic E-state index is 12.4. The lowest BCUT2D eigenvalue weighted by atomic mass is 10.0. The molecule has 134 valence electrons. The van der Waals surface area contributed by atoms with Gasteiger partial charge in [0.05, 0.1) is 6.04 Å². The van der Waals surface area contributed by atoms with Gasteiger partial charge < -0.3 is 10.6 Å². The summed E-state index contributed by atoms with van der Waals surface area (Å²) in [6, 6.07) is 8.37. The summed E-state index contributed by atoms with van der Waals surface area (Å²) in [4.78, 5) is 28.1. The predicted octanol–water partition coefficient (Wildman–Crippen LogP) is 1.95. The number of nitrogens with zero attached hydrogens (tertiary/aromatic N) is 2. The standard InChI is InChI=1S/C20H27N3O2/c1-15-4-6-16(7-5-15)8-9-19(24)22-13-10-17(11-14-22)23-12-2-3-18(23)20(21)25/h4-9,17-18H,2-3,10-14H2,1H3,(H2,21,25)/b9-8-/t18-/m0/s1. The van der Waals surface area contributed by atoms with Gasteiger partial charge in [0, 0.05) is 25.2 Å². The molecule has 0 unspecified atom stereocenters. The van der Waals surface area contributed by atoms with E-state index >= 15 is 0 Å². The van der Waals surface area contributed by atoms with E-state index in [1.54, 1.807) is 6.08 Å². The average Bonchev–Trinajstić information content (AvgIpc) is 3.11. The third-order valence-electron chi connectivity index (χ3n) is 5.36. The van der Waals surface area contributed by atoms with E-state index in [0.29, 0.717) is 6.04 Å². The van der Waals surface area contributed by atoms with Crippen molar-refractivity contribution in [3.8, 4) is 0 Å². The van der Waals surface area contributed by atoms with Gasteiger partial charge in [-0.3, -0.25) is 14.5 Å². The normalized spacial score (nSPS) is 22.6. The molecule has 2 aliphatic rings. The van der Waals surface area contributed by atoms with E-state index in [1.807, 2.05) is 42.2 Å². The van der Waals surface area contributed by atoms with Crippen molar-refractivity contribution in [1.29, 1.82) is 0 Å². The van der Waals surface area contributed by atoms with Gasteiger partial charge in [-0.15, -0.1) is 0 Å². The summed E-state index contributed by atoms with van der Waals surface area (Å²) in [5.74, 6) is -0.149. The van der Waals surface area contributed by atoms with Gasteiger partial charge in [0.1, 0.15) is 0 Å². The minimum atomic E-state index is -0.211. The molecule has 2 saturated heterocycles. The van der Waals surface area contributed by atoms with Crippen LogP contribution < -0.4 is 5.73 Å². The zero-order valence-corrected chi connectivity index (χ0v) is 14.9. The molecule has 0 bridgehead atoms. The summed E-state index contributed by atoms with van der Waals surface area (Å²) in [6.45, 7) is 4.47. The van der Waals surface area contributed by atoms with Gasteiger partial charge in [-0.2, -0.15) is 0 Å². The largest absolute Gasteiger partial charge is 0.368 e. The smallest absolute Gasteiger partial charge is 0.246 e. The number of hydrogen-bond donors (Lipinski definition) is 1. The van der Waals surface area contributed by atoms with Crippen LogP contribution in [0.1, 0.15) is 36.8 Å². The van der Waals surface area contributed by atoms with Gasteiger partial charge in [-0.05, 0) is 50.8 Å². The van der Waals surface area contributed by atoms with Gasteiger partial charge >= 0.3 is 0 Å². The topological polar surface area (TPSA) is 66.6 Å². The molecule has 1 aromatic rings. The number of nitrogens with two attached hydrogens (primary N) is 1. The molecule has 2 amide bonds. The maximum Gasteiger partial charge on any atom is 0.246 e. The molecule has 0 spiro atoms. The molecule has 1 atom stereocenters. The summed E-state index contributed by atoms with van der Waals surface area (Å²) >= 11 is 0. The first-order valence-electron chi connectivity index (χ1n) is 9.13. The highest BCUT2D eigenvalue weighted by atomic mass is 16.2. The van der Waals surface area contributed by atoms with Crippen LogP contribution in [0.25, 0.3) is 6.08 Å². The number of benzene rings is 1. The highest BCUT2D eigenvalue weighted by Crippen LogP contribution is 2.26. The number of amides is 2. The molecule has 5 heteroatoms. The van der Waals surface area contributed by atoms with Gasteiger partial charge in [0.2, 0.25) is 11.8 Å². The molecule has 2 heterocycles. The Balaban J connectivity index is 1.52. The van der Waals surface area contributed by atoms with Crippen LogP contribution in [-0.4, -0.2) is 53.3 Å². The third-order valence-corrected chi connectivity index (χ3v) is 5.36. The second kappa shape index (κ2) is 7.83. The van der Waals surface area contributed by atoms with Gasteiger partial charge in [-0.25, -0.2) is 0 Å². The first-order valence-corrected chi connectivity index (χ1v) is 9.13. The van der Waals surface area contributed by atoms with Crippen LogP contribution in [0.3, 0.4) is 0 Å². The number of rotatable bonds is 4. The lowest BCUT2D eigenvalue weighted by molar-refractivity contribution is -0.129. The fourth-order valence-corrected chi connectivity index (χ4v) is 3.90. The van der Waals surface area contributed by atoms with Crippen LogP contribution in [0.5, 0.6) is 0 Å². The fourth-order valence-electron chi connectivity index (χ4n) is 3.90. The Morgan fingerprint density at radius 2 is 1.76 bits per heavy atom. The first-order chi connectivity index (χ1) is 12.0. The van der Waals surface area contributed by atoms with E-state index in [0.717, 1.165) is 50.9 Å². The second-order valence-corrected chi connectivity index (χ2v) is 7.10. The number of carbonyl (C=O) groups is 2. The lowest BCUT2D eigenvalue weighted by Crippen LogP contribution is -2.51. The van der Waals surface area contributed by atoms with E-state index in [2.05, 4.69) is 4.90 Å². The molecule has 2 aliphatic heterocycles. The molecule has 3 rings (SSSR count). The van der Waals surface area contributed by atoms with E-state index in [-0.39, 0.29) is 17.9 Å². The van der Waals surface area contributed by atoms with Gasteiger partial charge in [0.15, 0.2) is 0 Å². The Labute approximate surface area is 149 Å². The summed E-state index contributed by atoms with van der Waals surface area (Å²) in [5, 5.41) is 0. The molecule has 0 aliphatic carbocycles. The molecule has 0 radical (unpaired) electrons. The van der Waals surface area contributed by atoms with Crippen molar-refractivity contribution in [2.75, 3.05) is 19.6 Å². The van der Waals surface area contributed by atoms with E-state index in [9.17, 15) is 9.59 Å². The van der Waals surface area contributed by atoms with Crippen molar-refractivity contribution < 1.29 is 9.59 Å². The third kappa shape index (κ3) is 4.28. The van der Waals surface area contributed by atoms with E-state index in [1.165, 1.54) is 5.56 Å². The zero-order chi connectivity index (χ0) is 17.8. The van der Waals surface area contributed by atoms with E-state index < -0.39 is 0 Å². The number of piperidine rings is 1. The van der Waals surface area contributed by atoms with Crippen LogP contribution in [-0.2, 0) is 9.59 Å². The number of hydrogen-bond acceptors (Lipinski definition) is 3. The predicted molar refractivity (Wildman–Crippen MR) is 98.7 cm³/mol. The highest BCUT2D eigenvalue weighted by molar-refractivity contribution is 5.91. The molecule has 0 aromatic heterocycles. The van der Waals surface area contributed by atoms with E-state index in [4.69, 9.17) is 5.73 Å². The van der Waals surface area contributed by atoms with Crippen LogP contribution in [0.15, 0.2) is 30.3 Å². The van der Waals surface area contributed by atoms with Crippen LogP contribution in [0.2, 0.25) is 0 Å². The molecule has 2 fully saturated rings. The van der Waals surface area contributed by atoms with Crippen LogP contribution in [0.4, 0.5) is 0 Å². The minimum absolute atomic E-state index is 0.0619. The number of aryl methyl sites for hydroxylation is 1. The summed E-state index contributed by atoms with van der Waals surface area (Å²) in [5.41, 5.74) is 7.77. The molecule has 0 saturated carbocycles. The number of primary amides is 1. The zero-order valence-electron chi connectivity index (χ0n) is 14.9. The minimum Gasteiger partial charge on any atom is -0.368 e. The fraction of sp³-hybridized carbons (Fsp3) is 0.500. The summed E-state index contributed by atoms with van der Waals surface area (Å²) in [7, 11) is 0. The SMILES string of the molecule is Cc1ccc(/C=C\C(=O)N2CCC(N3CCC[C@H]3C(N)=O)CC2)cc1. The van der Waals surface area contributed by atoms with Gasteiger partial charge in [-0.1, -0.05) is 29.8 Å². The molecular weight excluding hydrogens is 314 g/mol.